The SMILES string of the molecule is COc1cc(N)ccc1NC(=O)C(F)(F)C(F)F. The largest absolute Gasteiger partial charge is 0.494 e. The van der Waals surface area contributed by atoms with Crippen LogP contribution in [0.4, 0.5) is 28.9 Å². The zero-order chi connectivity index (χ0) is 13.9. The van der Waals surface area contributed by atoms with Gasteiger partial charge in [0.1, 0.15) is 5.75 Å². The Morgan fingerprint density at radius 2 is 2.06 bits per heavy atom. The summed E-state index contributed by atoms with van der Waals surface area (Å²) in [6.45, 7) is 0. The van der Waals surface area contributed by atoms with Crippen LogP contribution in [0.1, 0.15) is 0 Å². The van der Waals surface area contributed by atoms with Gasteiger partial charge < -0.3 is 15.8 Å². The van der Waals surface area contributed by atoms with Crippen LogP contribution >= 0.6 is 0 Å². The van der Waals surface area contributed by atoms with Crippen LogP contribution in [0.5, 0.6) is 5.75 Å². The number of benzene rings is 1. The van der Waals surface area contributed by atoms with Gasteiger partial charge in [-0.3, -0.25) is 4.79 Å². The van der Waals surface area contributed by atoms with E-state index in [0.29, 0.717) is 0 Å². The molecule has 1 rings (SSSR count). The Kier molecular flexibility index (Phi) is 4.00. The van der Waals surface area contributed by atoms with Crippen molar-refractivity contribution in [2.75, 3.05) is 18.2 Å². The number of methoxy groups -OCH3 is 1. The van der Waals surface area contributed by atoms with Crippen LogP contribution in [0.25, 0.3) is 0 Å². The maximum Gasteiger partial charge on any atom is 0.383 e. The molecule has 0 aliphatic heterocycles. The van der Waals surface area contributed by atoms with Gasteiger partial charge in [0.2, 0.25) is 0 Å². The fourth-order valence-corrected chi connectivity index (χ4v) is 1.12. The van der Waals surface area contributed by atoms with Crippen molar-refractivity contribution in [2.24, 2.45) is 0 Å². The van der Waals surface area contributed by atoms with Gasteiger partial charge in [-0.05, 0) is 12.1 Å². The number of ether oxygens (including phenoxy) is 1. The quantitative estimate of drug-likeness (QED) is 0.648. The first kappa shape index (κ1) is 14.1. The minimum atomic E-state index is -4.77. The Labute approximate surface area is 99.7 Å². The lowest BCUT2D eigenvalue weighted by atomic mass is 10.2. The van der Waals surface area contributed by atoms with Crippen molar-refractivity contribution in [3.05, 3.63) is 18.2 Å². The van der Waals surface area contributed by atoms with Crippen molar-refractivity contribution in [1.82, 2.24) is 0 Å². The number of carbonyl (C=O) groups excluding carboxylic acids is 1. The maximum absolute atomic E-state index is 12.7. The third-order valence-corrected chi connectivity index (χ3v) is 2.05. The first-order valence-corrected chi connectivity index (χ1v) is 4.70. The summed E-state index contributed by atoms with van der Waals surface area (Å²) in [5.41, 5.74) is 5.51. The van der Waals surface area contributed by atoms with E-state index in [1.54, 1.807) is 5.32 Å². The Morgan fingerprint density at radius 3 is 2.56 bits per heavy atom. The van der Waals surface area contributed by atoms with E-state index < -0.39 is 18.3 Å². The van der Waals surface area contributed by atoms with Crippen LogP contribution in [0.3, 0.4) is 0 Å². The van der Waals surface area contributed by atoms with Gasteiger partial charge in [-0.25, -0.2) is 8.78 Å². The lowest BCUT2D eigenvalue weighted by Crippen LogP contribution is -2.41. The lowest BCUT2D eigenvalue weighted by Gasteiger charge is -2.16. The number of hydrogen-bond donors (Lipinski definition) is 2. The normalized spacial score (nSPS) is 11.4. The fourth-order valence-electron chi connectivity index (χ4n) is 1.12. The van der Waals surface area contributed by atoms with E-state index in [9.17, 15) is 22.4 Å². The predicted molar refractivity (Wildman–Crippen MR) is 57.0 cm³/mol. The number of anilines is 2. The molecule has 18 heavy (non-hydrogen) atoms. The first-order valence-electron chi connectivity index (χ1n) is 4.70. The van der Waals surface area contributed by atoms with Gasteiger partial charge in [0.05, 0.1) is 12.8 Å². The Morgan fingerprint density at radius 1 is 1.44 bits per heavy atom. The average molecular weight is 266 g/mol. The molecule has 0 spiro atoms. The number of halogens is 4. The van der Waals surface area contributed by atoms with E-state index in [0.717, 1.165) is 0 Å². The zero-order valence-corrected chi connectivity index (χ0v) is 9.22. The number of nitrogens with two attached hydrogens (primary N) is 1. The summed E-state index contributed by atoms with van der Waals surface area (Å²) in [6, 6.07) is 3.74. The highest BCUT2D eigenvalue weighted by atomic mass is 19.3. The van der Waals surface area contributed by atoms with E-state index in [4.69, 9.17) is 10.5 Å². The molecule has 8 heteroatoms. The topological polar surface area (TPSA) is 64.3 Å². The summed E-state index contributed by atoms with van der Waals surface area (Å²) in [7, 11) is 1.22. The lowest BCUT2D eigenvalue weighted by molar-refractivity contribution is -0.163. The van der Waals surface area contributed by atoms with Crippen LogP contribution in [-0.4, -0.2) is 25.4 Å². The van der Waals surface area contributed by atoms with E-state index >= 15 is 0 Å². The molecule has 0 aliphatic carbocycles. The fraction of sp³-hybridized carbons (Fsp3) is 0.300. The molecule has 0 saturated carbocycles. The Bertz CT molecular complexity index is 452. The molecule has 0 aliphatic rings. The van der Waals surface area contributed by atoms with Crippen molar-refractivity contribution in [3.8, 4) is 5.75 Å². The van der Waals surface area contributed by atoms with E-state index in [2.05, 4.69) is 0 Å². The Hall–Kier alpha value is -1.99. The van der Waals surface area contributed by atoms with Crippen LogP contribution in [0, 0.1) is 0 Å². The molecule has 3 N–H and O–H groups in total. The van der Waals surface area contributed by atoms with Gasteiger partial charge in [0, 0.05) is 11.8 Å². The van der Waals surface area contributed by atoms with Gasteiger partial charge in [-0.15, -0.1) is 0 Å². The summed E-state index contributed by atoms with van der Waals surface area (Å²) >= 11 is 0. The number of rotatable bonds is 4. The molecule has 0 aromatic heterocycles. The van der Waals surface area contributed by atoms with Crippen LogP contribution in [0.2, 0.25) is 0 Å². The van der Waals surface area contributed by atoms with Crippen molar-refractivity contribution in [1.29, 1.82) is 0 Å². The second-order valence-electron chi connectivity index (χ2n) is 3.34. The van der Waals surface area contributed by atoms with Crippen LogP contribution < -0.4 is 15.8 Å². The molecule has 1 aromatic carbocycles. The zero-order valence-electron chi connectivity index (χ0n) is 9.22. The highest BCUT2D eigenvalue weighted by molar-refractivity contribution is 5.97. The first-order chi connectivity index (χ1) is 8.28. The van der Waals surface area contributed by atoms with Crippen molar-refractivity contribution in [3.63, 3.8) is 0 Å². The molecule has 0 fully saturated rings. The maximum atomic E-state index is 12.7. The highest BCUT2D eigenvalue weighted by Crippen LogP contribution is 2.30. The molecule has 0 saturated heterocycles. The monoisotopic (exact) mass is 266 g/mol. The van der Waals surface area contributed by atoms with Gasteiger partial charge in [-0.1, -0.05) is 0 Å². The van der Waals surface area contributed by atoms with E-state index in [1.165, 1.54) is 25.3 Å². The van der Waals surface area contributed by atoms with Crippen molar-refractivity contribution >= 4 is 17.3 Å². The number of nitrogens with one attached hydrogen (secondary N) is 1. The van der Waals surface area contributed by atoms with Gasteiger partial charge in [-0.2, -0.15) is 8.78 Å². The second kappa shape index (κ2) is 5.11. The Balaban J connectivity index is 2.95. The standard InChI is InChI=1S/C10H10F4N2O2/c1-18-7-4-5(15)2-3-6(7)16-9(17)10(13,14)8(11)12/h2-4,8H,15H2,1H3,(H,16,17). The van der Waals surface area contributed by atoms with Gasteiger partial charge >= 0.3 is 18.3 Å². The minimum absolute atomic E-state index is 0.00610. The number of nitrogen functional groups attached to an aromatic ring is 1. The van der Waals surface area contributed by atoms with Crippen molar-refractivity contribution in [2.45, 2.75) is 12.3 Å². The summed E-state index contributed by atoms with van der Waals surface area (Å²) in [6.07, 6.45) is -4.09. The predicted octanol–water partition coefficient (Wildman–Crippen LogP) is 2.12. The molecule has 0 heterocycles. The molecule has 4 nitrogen and oxygen atoms in total. The summed E-state index contributed by atoms with van der Waals surface area (Å²) in [4.78, 5) is 11.0. The molecule has 1 amide bonds. The third kappa shape index (κ3) is 2.82. The van der Waals surface area contributed by atoms with E-state index in [-0.39, 0.29) is 17.1 Å². The number of carbonyl (C=O) groups is 1. The smallest absolute Gasteiger partial charge is 0.383 e. The molecule has 0 radical (unpaired) electrons. The summed E-state index contributed by atoms with van der Waals surface area (Å²) in [5.74, 6) is -6.89. The number of hydrogen-bond acceptors (Lipinski definition) is 3. The van der Waals surface area contributed by atoms with Crippen molar-refractivity contribution < 1.29 is 27.1 Å². The highest BCUT2D eigenvalue weighted by Gasteiger charge is 2.49. The molecule has 0 unspecified atom stereocenters. The van der Waals surface area contributed by atoms with E-state index in [1.807, 2.05) is 0 Å². The summed E-state index contributed by atoms with van der Waals surface area (Å²) in [5, 5.41) is 1.66. The van der Waals surface area contributed by atoms with Gasteiger partial charge in [0.15, 0.2) is 0 Å². The molecular formula is C10H10F4N2O2. The molecule has 0 atom stereocenters. The number of alkyl halides is 4. The number of amides is 1. The second-order valence-corrected chi connectivity index (χ2v) is 3.34. The summed E-state index contributed by atoms with van der Waals surface area (Å²) < 4.78 is 54.1. The molecule has 0 bridgehead atoms. The molecular weight excluding hydrogens is 256 g/mol. The molecule has 100 valence electrons. The average Bonchev–Trinajstić information content (AvgIpc) is 2.30. The third-order valence-electron chi connectivity index (χ3n) is 2.05. The van der Waals surface area contributed by atoms with Gasteiger partial charge in [0.25, 0.3) is 0 Å². The van der Waals surface area contributed by atoms with Crippen LogP contribution in [0.15, 0.2) is 18.2 Å². The molecule has 1 aromatic rings. The minimum Gasteiger partial charge on any atom is -0.494 e. The van der Waals surface area contributed by atoms with Crippen LogP contribution in [-0.2, 0) is 4.79 Å².